The summed E-state index contributed by atoms with van der Waals surface area (Å²) in [5, 5.41) is 3.32. The Labute approximate surface area is 75.3 Å². The van der Waals surface area contributed by atoms with Crippen molar-refractivity contribution in [2.45, 2.75) is 45.4 Å². The summed E-state index contributed by atoms with van der Waals surface area (Å²) in [6, 6.07) is 0. The fourth-order valence-electron chi connectivity index (χ4n) is 1.79. The first-order chi connectivity index (χ1) is 5.70. The third kappa shape index (κ3) is 3.09. The third-order valence-corrected chi connectivity index (χ3v) is 2.44. The maximum Gasteiger partial charge on any atom is 0.0579 e. The SMILES string of the molecule is CC(N)NC(C)N1CCCCC1. The largest absolute Gasteiger partial charge is 0.316 e. The summed E-state index contributed by atoms with van der Waals surface area (Å²) in [4.78, 5) is 2.47. The van der Waals surface area contributed by atoms with Gasteiger partial charge in [-0.25, -0.2) is 0 Å². The molecule has 2 atom stereocenters. The van der Waals surface area contributed by atoms with Gasteiger partial charge in [0.25, 0.3) is 0 Å². The highest BCUT2D eigenvalue weighted by Crippen LogP contribution is 2.10. The first kappa shape index (κ1) is 9.96. The highest BCUT2D eigenvalue weighted by atomic mass is 15.3. The first-order valence-corrected chi connectivity index (χ1v) is 4.96. The maximum atomic E-state index is 5.66. The summed E-state index contributed by atoms with van der Waals surface area (Å²) < 4.78 is 0. The molecule has 0 aliphatic carbocycles. The van der Waals surface area contributed by atoms with Crippen molar-refractivity contribution in [3.8, 4) is 0 Å². The monoisotopic (exact) mass is 171 g/mol. The summed E-state index contributed by atoms with van der Waals surface area (Å²) in [6.45, 7) is 6.62. The lowest BCUT2D eigenvalue weighted by Gasteiger charge is -2.33. The fourth-order valence-corrected chi connectivity index (χ4v) is 1.79. The highest BCUT2D eigenvalue weighted by molar-refractivity contribution is 4.70. The summed E-state index contributed by atoms with van der Waals surface area (Å²) in [7, 11) is 0. The lowest BCUT2D eigenvalue weighted by Crippen LogP contribution is -2.51. The molecule has 1 aliphatic rings. The minimum atomic E-state index is 0.0990. The van der Waals surface area contributed by atoms with Crippen LogP contribution in [0.5, 0.6) is 0 Å². The van der Waals surface area contributed by atoms with E-state index in [4.69, 9.17) is 5.73 Å². The van der Waals surface area contributed by atoms with Crippen molar-refractivity contribution < 1.29 is 0 Å². The molecule has 0 aromatic carbocycles. The standard InChI is InChI=1S/C9H21N3/c1-8(10)11-9(2)12-6-4-3-5-7-12/h8-9,11H,3-7,10H2,1-2H3. The zero-order chi connectivity index (χ0) is 8.97. The van der Waals surface area contributed by atoms with Gasteiger partial charge in [-0.05, 0) is 39.8 Å². The van der Waals surface area contributed by atoms with E-state index in [0.29, 0.717) is 6.17 Å². The Balaban J connectivity index is 2.24. The molecule has 0 aromatic heterocycles. The zero-order valence-electron chi connectivity index (χ0n) is 8.21. The molecule has 1 aliphatic heterocycles. The van der Waals surface area contributed by atoms with E-state index in [1.54, 1.807) is 0 Å². The van der Waals surface area contributed by atoms with E-state index in [1.165, 1.54) is 32.4 Å². The lowest BCUT2D eigenvalue weighted by atomic mass is 10.1. The second-order valence-corrected chi connectivity index (χ2v) is 3.73. The van der Waals surface area contributed by atoms with E-state index in [-0.39, 0.29) is 6.17 Å². The molecule has 12 heavy (non-hydrogen) atoms. The molecule has 1 rings (SSSR count). The number of hydrogen-bond acceptors (Lipinski definition) is 3. The molecule has 72 valence electrons. The van der Waals surface area contributed by atoms with E-state index < -0.39 is 0 Å². The molecule has 3 nitrogen and oxygen atoms in total. The minimum absolute atomic E-state index is 0.0990. The van der Waals surface area contributed by atoms with Crippen molar-refractivity contribution in [1.82, 2.24) is 10.2 Å². The van der Waals surface area contributed by atoms with E-state index in [1.807, 2.05) is 6.92 Å². The second-order valence-electron chi connectivity index (χ2n) is 3.73. The van der Waals surface area contributed by atoms with Gasteiger partial charge >= 0.3 is 0 Å². The number of likely N-dealkylation sites (tertiary alicyclic amines) is 1. The minimum Gasteiger partial charge on any atom is -0.316 e. The Bertz CT molecular complexity index is 119. The summed E-state index contributed by atoms with van der Waals surface area (Å²) in [5.41, 5.74) is 5.66. The zero-order valence-corrected chi connectivity index (χ0v) is 8.21. The number of rotatable bonds is 3. The molecule has 1 saturated heterocycles. The molecule has 0 saturated carbocycles. The molecule has 3 N–H and O–H groups in total. The van der Waals surface area contributed by atoms with Crippen LogP contribution in [-0.4, -0.2) is 30.3 Å². The molecule has 2 unspecified atom stereocenters. The van der Waals surface area contributed by atoms with Crippen LogP contribution in [0.1, 0.15) is 33.1 Å². The molecule has 3 heteroatoms. The number of nitrogens with one attached hydrogen (secondary N) is 1. The van der Waals surface area contributed by atoms with Gasteiger partial charge in [-0.15, -0.1) is 0 Å². The van der Waals surface area contributed by atoms with Gasteiger partial charge in [0.05, 0.1) is 12.3 Å². The Morgan fingerprint density at radius 1 is 1.17 bits per heavy atom. The van der Waals surface area contributed by atoms with Gasteiger partial charge in [0, 0.05) is 0 Å². The van der Waals surface area contributed by atoms with Crippen molar-refractivity contribution in [1.29, 1.82) is 0 Å². The molecular weight excluding hydrogens is 150 g/mol. The fraction of sp³-hybridized carbons (Fsp3) is 1.00. The van der Waals surface area contributed by atoms with E-state index in [0.717, 1.165) is 0 Å². The topological polar surface area (TPSA) is 41.3 Å². The third-order valence-electron chi connectivity index (χ3n) is 2.44. The van der Waals surface area contributed by atoms with Crippen LogP contribution in [-0.2, 0) is 0 Å². The predicted molar refractivity (Wildman–Crippen MR) is 51.7 cm³/mol. The van der Waals surface area contributed by atoms with Gasteiger partial charge in [-0.1, -0.05) is 6.42 Å². The number of piperidine rings is 1. The van der Waals surface area contributed by atoms with Crippen LogP contribution in [0, 0.1) is 0 Å². The van der Waals surface area contributed by atoms with Gasteiger partial charge < -0.3 is 5.73 Å². The molecule has 0 bridgehead atoms. The normalized spacial score (nSPS) is 25.2. The molecule has 0 radical (unpaired) electrons. The van der Waals surface area contributed by atoms with E-state index >= 15 is 0 Å². The molecule has 0 spiro atoms. The Morgan fingerprint density at radius 2 is 1.75 bits per heavy atom. The van der Waals surface area contributed by atoms with Crippen LogP contribution in [0.2, 0.25) is 0 Å². The van der Waals surface area contributed by atoms with Crippen LogP contribution in [0.15, 0.2) is 0 Å². The predicted octanol–water partition coefficient (Wildman–Crippen LogP) is 0.713. The molecule has 0 amide bonds. The van der Waals surface area contributed by atoms with E-state index in [2.05, 4.69) is 17.1 Å². The van der Waals surface area contributed by atoms with Crippen LogP contribution in [0.4, 0.5) is 0 Å². The second kappa shape index (κ2) is 4.80. The summed E-state index contributed by atoms with van der Waals surface area (Å²) in [6.07, 6.45) is 4.60. The van der Waals surface area contributed by atoms with Crippen molar-refractivity contribution in [3.63, 3.8) is 0 Å². The maximum absolute atomic E-state index is 5.66. The van der Waals surface area contributed by atoms with Crippen LogP contribution in [0.3, 0.4) is 0 Å². The highest BCUT2D eigenvalue weighted by Gasteiger charge is 2.16. The smallest absolute Gasteiger partial charge is 0.0579 e. The van der Waals surface area contributed by atoms with Gasteiger partial charge in [-0.3, -0.25) is 10.2 Å². The van der Waals surface area contributed by atoms with Crippen molar-refractivity contribution in [2.75, 3.05) is 13.1 Å². The Hall–Kier alpha value is -0.120. The van der Waals surface area contributed by atoms with Crippen LogP contribution >= 0.6 is 0 Å². The summed E-state index contributed by atoms with van der Waals surface area (Å²) >= 11 is 0. The summed E-state index contributed by atoms with van der Waals surface area (Å²) in [5.74, 6) is 0. The van der Waals surface area contributed by atoms with E-state index in [9.17, 15) is 0 Å². The lowest BCUT2D eigenvalue weighted by molar-refractivity contribution is 0.140. The Kier molecular flexibility index (Phi) is 3.98. The molecular formula is C9H21N3. The average Bonchev–Trinajstić information content (AvgIpc) is 2.05. The van der Waals surface area contributed by atoms with Crippen molar-refractivity contribution in [3.05, 3.63) is 0 Å². The molecule has 1 fully saturated rings. The van der Waals surface area contributed by atoms with Crippen LogP contribution in [0.25, 0.3) is 0 Å². The first-order valence-electron chi connectivity index (χ1n) is 4.96. The van der Waals surface area contributed by atoms with Gasteiger partial charge in [-0.2, -0.15) is 0 Å². The quantitative estimate of drug-likeness (QED) is 0.615. The van der Waals surface area contributed by atoms with Gasteiger partial charge in [0.2, 0.25) is 0 Å². The van der Waals surface area contributed by atoms with Crippen molar-refractivity contribution in [2.24, 2.45) is 5.73 Å². The molecule has 1 heterocycles. The number of nitrogens with zero attached hydrogens (tertiary/aromatic N) is 1. The Morgan fingerprint density at radius 3 is 2.25 bits per heavy atom. The van der Waals surface area contributed by atoms with Crippen molar-refractivity contribution >= 4 is 0 Å². The van der Waals surface area contributed by atoms with Crippen LogP contribution < -0.4 is 11.1 Å². The van der Waals surface area contributed by atoms with Gasteiger partial charge in [0.15, 0.2) is 0 Å². The number of nitrogens with two attached hydrogens (primary N) is 1. The number of hydrogen-bond donors (Lipinski definition) is 2. The van der Waals surface area contributed by atoms with Gasteiger partial charge in [0.1, 0.15) is 0 Å². The molecule has 0 aromatic rings. The average molecular weight is 171 g/mol.